The Morgan fingerprint density at radius 1 is 1.33 bits per heavy atom. The summed E-state index contributed by atoms with van der Waals surface area (Å²) in [5, 5.41) is -0.341. The Bertz CT molecular complexity index is 629. The molecule has 0 bridgehead atoms. The summed E-state index contributed by atoms with van der Waals surface area (Å²) >= 11 is 3.31. The van der Waals surface area contributed by atoms with Gasteiger partial charge in [0, 0.05) is 22.5 Å². The van der Waals surface area contributed by atoms with Crippen molar-refractivity contribution in [2.75, 3.05) is 13.1 Å². The van der Waals surface area contributed by atoms with Gasteiger partial charge in [-0.2, -0.15) is 0 Å². The highest BCUT2D eigenvalue weighted by Gasteiger charge is 2.40. The van der Waals surface area contributed by atoms with Crippen LogP contribution in [0.25, 0.3) is 0 Å². The Morgan fingerprint density at radius 3 is 2.33 bits per heavy atom. The second-order valence-corrected chi connectivity index (χ2v) is 9.32. The number of rotatable bonds is 2. The van der Waals surface area contributed by atoms with Crippen LogP contribution in [-0.4, -0.2) is 39.1 Å². The van der Waals surface area contributed by atoms with E-state index < -0.39 is 21.4 Å². The van der Waals surface area contributed by atoms with Crippen molar-refractivity contribution in [1.29, 1.82) is 4.78 Å². The maximum atomic E-state index is 12.6. The smallest absolute Gasteiger partial charge is 0.410 e. The van der Waals surface area contributed by atoms with Crippen LogP contribution in [0.15, 0.2) is 33.6 Å². The van der Waals surface area contributed by atoms with Crippen molar-refractivity contribution in [3.05, 3.63) is 28.7 Å². The van der Waals surface area contributed by atoms with Crippen LogP contribution in [0, 0.1) is 4.78 Å². The Balaban J connectivity index is 2.00. The van der Waals surface area contributed by atoms with Gasteiger partial charge in [-0.05, 0) is 45.0 Å². The van der Waals surface area contributed by atoms with E-state index in [1.165, 1.54) is 4.90 Å². The van der Waals surface area contributed by atoms with Crippen molar-refractivity contribution in [3.8, 4) is 0 Å². The van der Waals surface area contributed by atoms with Gasteiger partial charge in [-0.15, -0.1) is 0 Å². The van der Waals surface area contributed by atoms with Gasteiger partial charge >= 0.3 is 6.09 Å². The van der Waals surface area contributed by atoms with Crippen molar-refractivity contribution in [1.82, 2.24) is 4.90 Å². The molecule has 0 aliphatic carbocycles. The number of carbonyl (C=O) groups is 1. The van der Waals surface area contributed by atoms with Crippen molar-refractivity contribution in [2.45, 2.75) is 36.5 Å². The second kappa shape index (κ2) is 5.61. The summed E-state index contributed by atoms with van der Waals surface area (Å²) in [6, 6.07) is 6.92. The number of nitrogens with one attached hydrogen (secondary N) is 1. The van der Waals surface area contributed by atoms with Gasteiger partial charge in [0.2, 0.25) is 0 Å². The topological polar surface area (TPSA) is 70.5 Å². The zero-order chi connectivity index (χ0) is 15.8. The zero-order valence-electron chi connectivity index (χ0n) is 12.3. The maximum absolute atomic E-state index is 12.6. The lowest BCUT2D eigenvalue weighted by Crippen LogP contribution is -2.57. The van der Waals surface area contributed by atoms with Gasteiger partial charge in [-0.25, -0.2) is 13.8 Å². The summed E-state index contributed by atoms with van der Waals surface area (Å²) in [6.07, 6.45) is -0.412. The molecule has 21 heavy (non-hydrogen) atoms. The molecule has 1 unspecified atom stereocenters. The summed E-state index contributed by atoms with van der Waals surface area (Å²) < 4.78 is 26.9. The third kappa shape index (κ3) is 3.77. The monoisotopic (exact) mass is 374 g/mol. The Morgan fingerprint density at radius 2 is 1.86 bits per heavy atom. The molecule has 116 valence electrons. The molecule has 0 spiro atoms. The molecular formula is C14H19BrN2O3S. The number of hydrogen-bond donors (Lipinski definition) is 1. The van der Waals surface area contributed by atoms with E-state index in [9.17, 15) is 9.00 Å². The van der Waals surface area contributed by atoms with E-state index in [1.54, 1.807) is 45.0 Å². The summed E-state index contributed by atoms with van der Waals surface area (Å²) in [5.41, 5.74) is -0.545. The third-order valence-electron chi connectivity index (χ3n) is 3.13. The predicted octanol–water partition coefficient (Wildman–Crippen LogP) is 3.47. The minimum atomic E-state index is -2.90. The average molecular weight is 375 g/mol. The molecule has 5 nitrogen and oxygen atoms in total. The largest absolute Gasteiger partial charge is 0.444 e. The highest BCUT2D eigenvalue weighted by Crippen LogP contribution is 2.26. The molecule has 0 saturated carbocycles. The number of amides is 1. The van der Waals surface area contributed by atoms with Crippen LogP contribution in [0.3, 0.4) is 0 Å². The fraction of sp³-hybridized carbons (Fsp3) is 0.500. The van der Waals surface area contributed by atoms with Gasteiger partial charge in [0.1, 0.15) is 5.60 Å². The molecule has 2 rings (SSSR count). The van der Waals surface area contributed by atoms with Gasteiger partial charge in [0.05, 0.1) is 15.0 Å². The molecule has 1 aromatic carbocycles. The minimum Gasteiger partial charge on any atom is -0.444 e. The fourth-order valence-corrected chi connectivity index (χ4v) is 3.92. The summed E-state index contributed by atoms with van der Waals surface area (Å²) in [4.78, 5) is 13.8. The highest BCUT2D eigenvalue weighted by molar-refractivity contribution is 9.10. The van der Waals surface area contributed by atoms with E-state index in [0.717, 1.165) is 4.47 Å². The molecule has 1 amide bonds. The van der Waals surface area contributed by atoms with E-state index >= 15 is 0 Å². The first-order chi connectivity index (χ1) is 9.59. The highest BCUT2D eigenvalue weighted by atomic mass is 79.9. The molecule has 1 aliphatic heterocycles. The first-order valence-electron chi connectivity index (χ1n) is 6.61. The van der Waals surface area contributed by atoms with E-state index in [4.69, 9.17) is 9.52 Å². The van der Waals surface area contributed by atoms with Crippen LogP contribution >= 0.6 is 15.9 Å². The van der Waals surface area contributed by atoms with Gasteiger partial charge in [-0.3, -0.25) is 0 Å². The van der Waals surface area contributed by atoms with Crippen LogP contribution in [0.5, 0.6) is 0 Å². The summed E-state index contributed by atoms with van der Waals surface area (Å²) in [7, 11) is -2.90. The average Bonchev–Trinajstić information content (AvgIpc) is 2.24. The lowest BCUT2D eigenvalue weighted by molar-refractivity contribution is 0.0140. The number of ether oxygens (including phenoxy) is 1. The summed E-state index contributed by atoms with van der Waals surface area (Å²) in [5.74, 6) is 0. The predicted molar refractivity (Wildman–Crippen MR) is 84.9 cm³/mol. The Kier molecular flexibility index (Phi) is 4.35. The zero-order valence-corrected chi connectivity index (χ0v) is 14.7. The van der Waals surface area contributed by atoms with Gasteiger partial charge in [0.25, 0.3) is 0 Å². The van der Waals surface area contributed by atoms with E-state index in [1.807, 2.05) is 0 Å². The van der Waals surface area contributed by atoms with Crippen LogP contribution in [-0.2, 0) is 14.5 Å². The molecule has 1 aromatic rings. The molecular weight excluding hydrogens is 356 g/mol. The second-order valence-electron chi connectivity index (χ2n) is 6.06. The number of likely N-dealkylation sites (tertiary alicyclic amines) is 1. The SMILES string of the molecule is CC(C)(C)OC(=O)N1CC(S(=N)(=O)c2ccc(Br)cc2)C1. The van der Waals surface area contributed by atoms with Crippen molar-refractivity contribution < 1.29 is 13.7 Å². The minimum absolute atomic E-state index is 0.299. The first kappa shape index (κ1) is 16.3. The van der Waals surface area contributed by atoms with Crippen LogP contribution in [0.4, 0.5) is 4.79 Å². The molecule has 1 aliphatic rings. The molecule has 1 fully saturated rings. The quantitative estimate of drug-likeness (QED) is 0.861. The maximum Gasteiger partial charge on any atom is 0.410 e. The van der Waals surface area contributed by atoms with Crippen molar-refractivity contribution >= 4 is 31.8 Å². The van der Waals surface area contributed by atoms with Crippen LogP contribution in [0.2, 0.25) is 0 Å². The lowest BCUT2D eigenvalue weighted by Gasteiger charge is -2.40. The number of nitrogens with zero attached hydrogens (tertiary/aromatic N) is 1. The lowest BCUT2D eigenvalue weighted by atomic mass is 10.2. The molecule has 1 heterocycles. The standard InChI is InChI=1S/C14H19BrN2O3S/c1-14(2,3)20-13(18)17-8-12(9-17)21(16,19)11-6-4-10(15)5-7-11/h4-7,12,16H,8-9H2,1-3H3. The number of carbonyl (C=O) groups excluding carboxylic acids is 1. The molecule has 7 heteroatoms. The number of benzene rings is 1. The fourth-order valence-electron chi connectivity index (χ4n) is 1.95. The van der Waals surface area contributed by atoms with Gasteiger partial charge < -0.3 is 9.64 Å². The number of halogens is 1. The van der Waals surface area contributed by atoms with Crippen LogP contribution < -0.4 is 0 Å². The molecule has 0 aromatic heterocycles. The third-order valence-corrected chi connectivity index (χ3v) is 5.87. The van der Waals surface area contributed by atoms with Gasteiger partial charge in [0.15, 0.2) is 0 Å². The van der Waals surface area contributed by atoms with E-state index in [-0.39, 0.29) is 5.25 Å². The normalized spacial score (nSPS) is 18.8. The number of hydrogen-bond acceptors (Lipinski definition) is 4. The molecule has 1 atom stereocenters. The molecule has 1 saturated heterocycles. The first-order valence-corrected chi connectivity index (χ1v) is 9.02. The molecule has 0 radical (unpaired) electrons. The van der Waals surface area contributed by atoms with Gasteiger partial charge in [-0.1, -0.05) is 15.9 Å². The van der Waals surface area contributed by atoms with E-state index in [2.05, 4.69) is 15.9 Å². The summed E-state index contributed by atoms with van der Waals surface area (Å²) in [6.45, 7) is 6.01. The van der Waals surface area contributed by atoms with E-state index in [0.29, 0.717) is 18.0 Å². The van der Waals surface area contributed by atoms with Crippen LogP contribution in [0.1, 0.15) is 20.8 Å². The van der Waals surface area contributed by atoms with Crippen molar-refractivity contribution in [2.24, 2.45) is 0 Å². The Labute approximate surface area is 133 Å². The Hall–Kier alpha value is -1.08. The van der Waals surface area contributed by atoms with Crippen molar-refractivity contribution in [3.63, 3.8) is 0 Å². The molecule has 1 N–H and O–H groups in total.